The molecule has 3 rings (SSSR count). The summed E-state index contributed by atoms with van der Waals surface area (Å²) < 4.78 is 2.28. The summed E-state index contributed by atoms with van der Waals surface area (Å²) in [7, 11) is 0. The SMILES string of the molecule is Cc1ccccc1CCNCc1nnc2n1CCCC2. The highest BCUT2D eigenvalue weighted by atomic mass is 15.3. The Morgan fingerprint density at radius 2 is 2.10 bits per heavy atom. The van der Waals surface area contributed by atoms with Crippen LogP contribution in [-0.4, -0.2) is 21.3 Å². The molecule has 1 aromatic carbocycles. The Morgan fingerprint density at radius 3 is 3.00 bits per heavy atom. The molecule has 1 aliphatic rings. The molecule has 1 aliphatic heterocycles. The van der Waals surface area contributed by atoms with Crippen molar-refractivity contribution in [2.75, 3.05) is 6.54 Å². The van der Waals surface area contributed by atoms with Gasteiger partial charge in [0.2, 0.25) is 0 Å². The molecule has 0 aliphatic carbocycles. The molecule has 0 saturated carbocycles. The van der Waals surface area contributed by atoms with Crippen molar-refractivity contribution in [3.8, 4) is 0 Å². The summed E-state index contributed by atoms with van der Waals surface area (Å²) in [5.74, 6) is 2.25. The van der Waals surface area contributed by atoms with Crippen LogP contribution in [0.4, 0.5) is 0 Å². The molecule has 0 bridgehead atoms. The van der Waals surface area contributed by atoms with Gasteiger partial charge in [-0.05, 0) is 43.9 Å². The second-order valence-electron chi connectivity index (χ2n) is 5.49. The van der Waals surface area contributed by atoms with Crippen molar-refractivity contribution < 1.29 is 0 Å². The second-order valence-corrected chi connectivity index (χ2v) is 5.49. The van der Waals surface area contributed by atoms with Crippen LogP contribution in [0.5, 0.6) is 0 Å². The largest absolute Gasteiger partial charge is 0.314 e. The van der Waals surface area contributed by atoms with Crippen molar-refractivity contribution in [3.63, 3.8) is 0 Å². The van der Waals surface area contributed by atoms with Gasteiger partial charge in [-0.15, -0.1) is 10.2 Å². The number of rotatable bonds is 5. The Hall–Kier alpha value is -1.68. The van der Waals surface area contributed by atoms with Gasteiger partial charge in [0.25, 0.3) is 0 Å². The van der Waals surface area contributed by atoms with Crippen LogP contribution in [-0.2, 0) is 25.9 Å². The number of hydrogen-bond acceptors (Lipinski definition) is 3. The van der Waals surface area contributed by atoms with Crippen molar-refractivity contribution in [1.29, 1.82) is 0 Å². The lowest BCUT2D eigenvalue weighted by Crippen LogP contribution is -2.21. The first-order chi connectivity index (χ1) is 9.84. The average molecular weight is 270 g/mol. The minimum atomic E-state index is 0.818. The topological polar surface area (TPSA) is 42.7 Å². The quantitative estimate of drug-likeness (QED) is 0.847. The molecule has 0 atom stereocenters. The van der Waals surface area contributed by atoms with E-state index in [0.717, 1.165) is 44.1 Å². The van der Waals surface area contributed by atoms with E-state index in [1.807, 2.05) is 0 Å². The van der Waals surface area contributed by atoms with Gasteiger partial charge in [0.15, 0.2) is 0 Å². The molecule has 0 saturated heterocycles. The van der Waals surface area contributed by atoms with Gasteiger partial charge in [-0.25, -0.2) is 0 Å². The van der Waals surface area contributed by atoms with Crippen LogP contribution in [0.25, 0.3) is 0 Å². The summed E-state index contributed by atoms with van der Waals surface area (Å²) in [5, 5.41) is 12.1. The standard InChI is InChI=1S/C16H22N4/c1-13-6-2-3-7-14(13)9-10-17-12-16-19-18-15-8-4-5-11-20(15)16/h2-3,6-7,17H,4-5,8-12H2,1H3. The van der Waals surface area contributed by atoms with Gasteiger partial charge >= 0.3 is 0 Å². The molecule has 1 aromatic heterocycles. The minimum Gasteiger partial charge on any atom is -0.314 e. The van der Waals surface area contributed by atoms with Gasteiger partial charge in [0.1, 0.15) is 11.6 Å². The lowest BCUT2D eigenvalue weighted by molar-refractivity contribution is 0.498. The van der Waals surface area contributed by atoms with Crippen molar-refractivity contribution in [1.82, 2.24) is 20.1 Å². The maximum absolute atomic E-state index is 4.31. The van der Waals surface area contributed by atoms with Gasteiger partial charge < -0.3 is 9.88 Å². The van der Waals surface area contributed by atoms with E-state index in [4.69, 9.17) is 0 Å². The third-order valence-electron chi connectivity index (χ3n) is 4.05. The van der Waals surface area contributed by atoms with E-state index in [1.165, 1.54) is 24.0 Å². The number of nitrogens with one attached hydrogen (secondary N) is 1. The summed E-state index contributed by atoms with van der Waals surface area (Å²) >= 11 is 0. The van der Waals surface area contributed by atoms with E-state index in [2.05, 4.69) is 51.3 Å². The first-order valence-corrected chi connectivity index (χ1v) is 7.51. The molecule has 2 aromatic rings. The Morgan fingerprint density at radius 1 is 1.20 bits per heavy atom. The van der Waals surface area contributed by atoms with E-state index in [9.17, 15) is 0 Å². The zero-order valence-electron chi connectivity index (χ0n) is 12.1. The second kappa shape index (κ2) is 6.18. The van der Waals surface area contributed by atoms with Crippen molar-refractivity contribution in [2.24, 2.45) is 0 Å². The van der Waals surface area contributed by atoms with Crippen LogP contribution in [0.1, 0.15) is 35.6 Å². The normalized spacial score (nSPS) is 14.2. The smallest absolute Gasteiger partial charge is 0.147 e. The third kappa shape index (κ3) is 2.90. The first-order valence-electron chi connectivity index (χ1n) is 7.51. The molecule has 106 valence electrons. The summed E-state index contributed by atoms with van der Waals surface area (Å²) in [6.07, 6.45) is 4.64. The molecule has 4 nitrogen and oxygen atoms in total. The van der Waals surface area contributed by atoms with Crippen LogP contribution >= 0.6 is 0 Å². The van der Waals surface area contributed by atoms with E-state index >= 15 is 0 Å². The van der Waals surface area contributed by atoms with Gasteiger partial charge in [0.05, 0.1) is 6.54 Å². The zero-order valence-corrected chi connectivity index (χ0v) is 12.1. The highest BCUT2D eigenvalue weighted by Crippen LogP contribution is 2.14. The predicted molar refractivity (Wildman–Crippen MR) is 79.5 cm³/mol. The molecule has 0 amide bonds. The summed E-state index contributed by atoms with van der Waals surface area (Å²) in [6, 6.07) is 8.58. The van der Waals surface area contributed by atoms with E-state index in [1.54, 1.807) is 0 Å². The van der Waals surface area contributed by atoms with Crippen molar-refractivity contribution >= 4 is 0 Å². The number of hydrogen-bond donors (Lipinski definition) is 1. The number of nitrogens with zero attached hydrogens (tertiary/aromatic N) is 3. The molecule has 0 unspecified atom stereocenters. The molecule has 1 N–H and O–H groups in total. The van der Waals surface area contributed by atoms with Crippen LogP contribution in [0.3, 0.4) is 0 Å². The Kier molecular flexibility index (Phi) is 4.11. The molecule has 4 heteroatoms. The van der Waals surface area contributed by atoms with Gasteiger partial charge in [-0.2, -0.15) is 0 Å². The predicted octanol–water partition coefficient (Wildman–Crippen LogP) is 2.26. The maximum atomic E-state index is 4.31. The third-order valence-corrected chi connectivity index (χ3v) is 4.05. The summed E-state index contributed by atoms with van der Waals surface area (Å²) in [5.41, 5.74) is 2.79. The number of aromatic nitrogens is 3. The highest BCUT2D eigenvalue weighted by Gasteiger charge is 2.14. The molecule has 2 heterocycles. The minimum absolute atomic E-state index is 0.818. The molecule has 0 spiro atoms. The highest BCUT2D eigenvalue weighted by molar-refractivity contribution is 5.25. The van der Waals surface area contributed by atoms with E-state index < -0.39 is 0 Å². The Bertz CT molecular complexity index is 574. The van der Waals surface area contributed by atoms with Gasteiger partial charge in [0, 0.05) is 13.0 Å². The fourth-order valence-electron chi connectivity index (χ4n) is 2.81. The van der Waals surface area contributed by atoms with Crippen molar-refractivity contribution in [3.05, 3.63) is 47.0 Å². The van der Waals surface area contributed by atoms with Gasteiger partial charge in [-0.1, -0.05) is 24.3 Å². The monoisotopic (exact) mass is 270 g/mol. The molecular formula is C16H22N4. The number of benzene rings is 1. The molecule has 0 fully saturated rings. The molecule has 20 heavy (non-hydrogen) atoms. The zero-order chi connectivity index (χ0) is 13.8. The van der Waals surface area contributed by atoms with Crippen LogP contribution in [0.2, 0.25) is 0 Å². The maximum Gasteiger partial charge on any atom is 0.147 e. The number of fused-ring (bicyclic) bond motifs is 1. The van der Waals surface area contributed by atoms with E-state index in [-0.39, 0.29) is 0 Å². The summed E-state index contributed by atoms with van der Waals surface area (Å²) in [4.78, 5) is 0. The Balaban J connectivity index is 1.51. The fourth-order valence-corrected chi connectivity index (χ4v) is 2.81. The van der Waals surface area contributed by atoms with Crippen LogP contribution in [0, 0.1) is 6.92 Å². The first kappa shape index (κ1) is 13.3. The van der Waals surface area contributed by atoms with Gasteiger partial charge in [-0.3, -0.25) is 0 Å². The molecule has 0 radical (unpaired) electrons. The lowest BCUT2D eigenvalue weighted by Gasteiger charge is -2.15. The summed E-state index contributed by atoms with van der Waals surface area (Å²) in [6.45, 7) is 5.05. The molecular weight excluding hydrogens is 248 g/mol. The lowest BCUT2D eigenvalue weighted by atomic mass is 10.1. The average Bonchev–Trinajstić information content (AvgIpc) is 2.89. The Labute approximate surface area is 120 Å². The van der Waals surface area contributed by atoms with Crippen molar-refractivity contribution in [2.45, 2.75) is 45.7 Å². The van der Waals surface area contributed by atoms with Crippen LogP contribution in [0.15, 0.2) is 24.3 Å². The number of aryl methyl sites for hydroxylation is 2. The fraction of sp³-hybridized carbons (Fsp3) is 0.500. The van der Waals surface area contributed by atoms with E-state index in [0.29, 0.717) is 0 Å². The van der Waals surface area contributed by atoms with Crippen LogP contribution < -0.4 is 5.32 Å².